The van der Waals surface area contributed by atoms with Crippen LogP contribution in [0.15, 0.2) is 212 Å². The Morgan fingerprint density at radius 2 is 0.744 bits per heavy atom. The summed E-state index contributed by atoms with van der Waals surface area (Å²) in [6, 6.07) is 68.9. The fraction of sp³-hybridized carbons (Fsp3) is 0.354. The van der Waals surface area contributed by atoms with E-state index in [1.807, 2.05) is 212 Å². The van der Waals surface area contributed by atoms with Crippen molar-refractivity contribution in [3.63, 3.8) is 0 Å². The highest BCUT2D eigenvalue weighted by Crippen LogP contribution is 2.47. The SMILES string of the molecule is O=P(O)(NCCCl)N(CCCl)C1O[C@H](COCc2ccccc2)[C@@H](O[C@@H]2O[C@H](COCc3ccccc3)[C@H](OCc3ccccc3)[C@H](OCc3ccccc3)[C@H]2OCc2ccccc2)[C@H](OCc2ccccc2)[C@H]1OCc1ccccc1. The molecule has 0 aromatic heterocycles. The summed E-state index contributed by atoms with van der Waals surface area (Å²) in [5.41, 5.74) is 6.40. The highest BCUT2D eigenvalue weighted by molar-refractivity contribution is 7.53. The first-order valence-corrected chi connectivity index (χ1v) is 30.5. The maximum atomic E-state index is 14.7. The van der Waals surface area contributed by atoms with Crippen LogP contribution in [-0.2, 0) is 98.2 Å². The van der Waals surface area contributed by atoms with E-state index in [1.165, 1.54) is 4.67 Å². The van der Waals surface area contributed by atoms with E-state index in [4.69, 9.17) is 70.6 Å². The molecule has 2 aliphatic heterocycles. The molecule has 2 N–H and O–H groups in total. The number of nitrogens with one attached hydrogen (secondary N) is 1. The Bertz CT molecular complexity index is 2900. The fourth-order valence-corrected chi connectivity index (χ4v) is 12.0. The second-order valence-corrected chi connectivity index (χ2v) is 22.7. The molecular weight excluding hydrogens is 1100 g/mol. The number of alkyl halides is 2. The minimum absolute atomic E-state index is 0.0167. The van der Waals surface area contributed by atoms with Crippen molar-refractivity contribution in [3.05, 3.63) is 251 Å². The molecule has 434 valence electrons. The van der Waals surface area contributed by atoms with Gasteiger partial charge >= 0.3 is 7.67 Å². The molecular formula is C65H73Cl2N2O12P. The zero-order chi connectivity index (χ0) is 56.6. The van der Waals surface area contributed by atoms with Crippen LogP contribution >= 0.6 is 30.9 Å². The minimum atomic E-state index is -4.48. The molecule has 9 rings (SSSR count). The van der Waals surface area contributed by atoms with Crippen LogP contribution in [0.4, 0.5) is 0 Å². The van der Waals surface area contributed by atoms with Gasteiger partial charge in [0.1, 0.15) is 55.1 Å². The van der Waals surface area contributed by atoms with Crippen molar-refractivity contribution in [1.29, 1.82) is 0 Å². The molecule has 17 heteroatoms. The molecule has 0 aliphatic carbocycles. The van der Waals surface area contributed by atoms with Crippen molar-refractivity contribution in [2.45, 2.75) is 108 Å². The van der Waals surface area contributed by atoms with E-state index in [0.717, 1.165) is 38.9 Å². The number of hydrogen-bond donors (Lipinski definition) is 2. The summed E-state index contributed by atoms with van der Waals surface area (Å²) >= 11 is 12.7. The number of rotatable bonds is 32. The number of ether oxygens (including phenoxy) is 10. The van der Waals surface area contributed by atoms with Crippen molar-refractivity contribution in [1.82, 2.24) is 9.76 Å². The number of benzene rings is 7. The summed E-state index contributed by atoms with van der Waals surface area (Å²) in [6.07, 6.45) is -10.2. The van der Waals surface area contributed by atoms with Crippen LogP contribution in [0, 0.1) is 0 Å². The van der Waals surface area contributed by atoms with E-state index in [1.54, 1.807) is 0 Å². The van der Waals surface area contributed by atoms with E-state index in [2.05, 4.69) is 5.09 Å². The van der Waals surface area contributed by atoms with Gasteiger partial charge in [-0.15, -0.1) is 23.2 Å². The number of nitrogens with zero attached hydrogens (tertiary/aromatic N) is 1. The van der Waals surface area contributed by atoms with Crippen molar-refractivity contribution in [2.24, 2.45) is 0 Å². The molecule has 2 aliphatic rings. The molecule has 2 fully saturated rings. The third kappa shape index (κ3) is 18.2. The second kappa shape index (κ2) is 32.8. The van der Waals surface area contributed by atoms with Crippen molar-refractivity contribution in [3.8, 4) is 0 Å². The van der Waals surface area contributed by atoms with Crippen LogP contribution in [0.1, 0.15) is 38.9 Å². The van der Waals surface area contributed by atoms with Crippen LogP contribution in [0.25, 0.3) is 0 Å². The summed E-state index contributed by atoms with van der Waals surface area (Å²) in [7, 11) is -4.48. The quantitative estimate of drug-likeness (QED) is 0.0305. The Balaban J connectivity index is 1.17. The van der Waals surface area contributed by atoms with E-state index in [-0.39, 0.29) is 77.7 Å². The lowest BCUT2D eigenvalue weighted by Crippen LogP contribution is -2.68. The molecule has 2 saturated heterocycles. The average Bonchev–Trinajstić information content (AvgIpc) is 3.33. The van der Waals surface area contributed by atoms with Gasteiger partial charge in [-0.2, -0.15) is 4.67 Å². The molecule has 82 heavy (non-hydrogen) atoms. The topological polar surface area (TPSA) is 145 Å². The van der Waals surface area contributed by atoms with Crippen LogP contribution in [0.5, 0.6) is 0 Å². The summed E-state index contributed by atoms with van der Waals surface area (Å²) in [4.78, 5) is 12.0. The third-order valence-electron chi connectivity index (χ3n) is 14.1. The summed E-state index contributed by atoms with van der Waals surface area (Å²) in [5.74, 6) is 0.0275. The Kier molecular flexibility index (Phi) is 24.5. The molecule has 0 bridgehead atoms. The Morgan fingerprint density at radius 3 is 1.12 bits per heavy atom. The lowest BCUT2D eigenvalue weighted by atomic mass is 9.95. The molecule has 11 atom stereocenters. The first-order valence-electron chi connectivity index (χ1n) is 27.8. The molecule has 7 aromatic rings. The van der Waals surface area contributed by atoms with Gasteiger partial charge in [0.25, 0.3) is 0 Å². The molecule has 0 saturated carbocycles. The van der Waals surface area contributed by atoms with Gasteiger partial charge in [0, 0.05) is 24.8 Å². The highest BCUT2D eigenvalue weighted by Gasteiger charge is 2.56. The first-order chi connectivity index (χ1) is 40.3. The minimum Gasteiger partial charge on any atom is -0.374 e. The zero-order valence-electron chi connectivity index (χ0n) is 45.8. The fourth-order valence-electron chi connectivity index (χ4n) is 10.00. The average molecular weight is 1180 g/mol. The largest absolute Gasteiger partial charge is 0.374 e. The van der Waals surface area contributed by atoms with Crippen LogP contribution in [-0.4, -0.2) is 109 Å². The van der Waals surface area contributed by atoms with E-state index >= 15 is 0 Å². The number of hydrogen-bond acceptors (Lipinski definition) is 11. The van der Waals surface area contributed by atoms with Crippen molar-refractivity contribution < 1.29 is 56.8 Å². The van der Waals surface area contributed by atoms with Gasteiger partial charge in [-0.1, -0.05) is 212 Å². The first kappa shape index (κ1) is 61.4. The summed E-state index contributed by atoms with van der Waals surface area (Å²) < 4.78 is 86.8. The molecule has 14 nitrogen and oxygen atoms in total. The van der Waals surface area contributed by atoms with Crippen LogP contribution < -0.4 is 5.09 Å². The normalized spacial score (nSPS) is 23.6. The van der Waals surface area contributed by atoms with E-state index in [0.29, 0.717) is 6.61 Å². The number of halogens is 2. The second-order valence-electron chi connectivity index (χ2n) is 20.0. The monoisotopic (exact) mass is 1170 g/mol. The predicted octanol–water partition coefficient (Wildman–Crippen LogP) is 11.7. The van der Waals surface area contributed by atoms with Gasteiger partial charge in [0.2, 0.25) is 0 Å². The lowest BCUT2D eigenvalue weighted by Gasteiger charge is -2.52. The van der Waals surface area contributed by atoms with Gasteiger partial charge in [-0.25, -0.2) is 5.09 Å². The maximum Gasteiger partial charge on any atom is 0.343 e. The van der Waals surface area contributed by atoms with Gasteiger partial charge in [0.15, 0.2) is 6.29 Å². The third-order valence-corrected chi connectivity index (χ3v) is 16.2. The molecule has 0 amide bonds. The molecule has 2 heterocycles. The molecule has 7 aromatic carbocycles. The Morgan fingerprint density at radius 1 is 0.415 bits per heavy atom. The molecule has 2 unspecified atom stereocenters. The Hall–Kier alpha value is -5.17. The highest BCUT2D eigenvalue weighted by atomic mass is 35.5. The summed E-state index contributed by atoms with van der Waals surface area (Å²) in [5, 5.41) is 2.77. The maximum absolute atomic E-state index is 14.7. The smallest absolute Gasteiger partial charge is 0.343 e. The van der Waals surface area contributed by atoms with E-state index < -0.39 is 69.0 Å². The van der Waals surface area contributed by atoms with Crippen LogP contribution in [0.3, 0.4) is 0 Å². The standard InChI is InChI=1S/C65H73Cl2N2O12P/c66-36-38-68-82(70,71)69(39-37-67)64-62(77-45-54-32-18-6-19-33-54)61(76-44-53-30-16-5-17-31-53)59(57(79-64)48-73-41-50-24-10-2-11-25-50)81-65-63(78-46-55-34-20-7-21-35-55)60(75-43-52-28-14-4-15-29-52)58(74-42-51-26-12-3-13-27-51)56(80-65)47-72-40-49-22-8-1-9-23-49/h1-35,56-65H,36-48H2,(H2,68,70,71)/t56-,57-,58+,59-,60+,61+,62-,63-,64?,65+/m1/s1. The van der Waals surface area contributed by atoms with Gasteiger partial charge in [-0.3, -0.25) is 4.57 Å². The summed E-state index contributed by atoms with van der Waals surface area (Å²) in [6.45, 7) is 1.16. The van der Waals surface area contributed by atoms with Crippen molar-refractivity contribution in [2.75, 3.05) is 38.1 Å². The zero-order valence-corrected chi connectivity index (χ0v) is 48.2. The lowest BCUT2D eigenvalue weighted by molar-refractivity contribution is -0.367. The van der Waals surface area contributed by atoms with E-state index in [9.17, 15) is 9.46 Å². The van der Waals surface area contributed by atoms with Crippen LogP contribution in [0.2, 0.25) is 0 Å². The van der Waals surface area contributed by atoms with Gasteiger partial charge < -0.3 is 52.3 Å². The predicted molar refractivity (Wildman–Crippen MR) is 315 cm³/mol. The van der Waals surface area contributed by atoms with Crippen molar-refractivity contribution >= 4 is 30.9 Å². The molecule has 0 spiro atoms. The van der Waals surface area contributed by atoms with Gasteiger partial charge in [-0.05, 0) is 38.9 Å². The molecule has 0 radical (unpaired) electrons. The Labute approximate surface area is 491 Å². The van der Waals surface area contributed by atoms with Gasteiger partial charge in [0.05, 0.1) is 59.5 Å².